The molecule has 38 heavy (non-hydrogen) atoms. The van der Waals surface area contributed by atoms with Gasteiger partial charge in [-0.25, -0.2) is 19.3 Å². The Morgan fingerprint density at radius 1 is 1.21 bits per heavy atom. The number of H-pyrrole nitrogens is 1. The van der Waals surface area contributed by atoms with E-state index in [2.05, 4.69) is 25.6 Å². The molecule has 1 unspecified atom stereocenters. The number of imidazole rings is 1. The highest BCUT2D eigenvalue weighted by Gasteiger charge is 2.41. The second-order valence-corrected chi connectivity index (χ2v) is 9.49. The molecule has 1 aromatic carbocycles. The summed E-state index contributed by atoms with van der Waals surface area (Å²) in [5.74, 6) is 0.135. The molecule has 1 amide bonds. The molecule has 11 nitrogen and oxygen atoms in total. The lowest BCUT2D eigenvalue weighted by molar-refractivity contribution is -0.231. The fraction of sp³-hybridized carbons (Fsp3) is 0.423. The normalized spacial score (nSPS) is 23.1. The number of benzene rings is 1. The highest BCUT2D eigenvalue weighted by Crippen LogP contribution is 2.35. The lowest BCUT2D eigenvalue weighted by Gasteiger charge is -2.35. The second-order valence-electron chi connectivity index (χ2n) is 9.49. The standard InChI is InChI=1S/C26H28FN7O4/c1-26(24(35)31-13-18-3-2-12-36-18)14-37-23(38-15-26)22-33-20(16-4-6-17(27)7-5-16)21(34-22)19-8-10-29-25(32-19)30-11-9-28/h4-8,10,18,23H,2-3,11-15H2,1H3,(H,31,35)(H,33,34)(H,29,30,32). The summed E-state index contributed by atoms with van der Waals surface area (Å²) >= 11 is 0. The summed E-state index contributed by atoms with van der Waals surface area (Å²) in [5, 5.41) is 14.6. The van der Waals surface area contributed by atoms with Crippen LogP contribution in [0.3, 0.4) is 0 Å². The molecule has 198 valence electrons. The molecule has 4 heterocycles. The monoisotopic (exact) mass is 521 g/mol. The van der Waals surface area contributed by atoms with Crippen LogP contribution in [0.25, 0.3) is 22.6 Å². The predicted octanol–water partition coefficient (Wildman–Crippen LogP) is 2.96. The molecule has 2 aromatic heterocycles. The van der Waals surface area contributed by atoms with Crippen molar-refractivity contribution in [2.75, 3.05) is 38.2 Å². The van der Waals surface area contributed by atoms with Crippen LogP contribution in [0.4, 0.5) is 10.3 Å². The van der Waals surface area contributed by atoms with Gasteiger partial charge in [-0.1, -0.05) is 0 Å². The van der Waals surface area contributed by atoms with Crippen molar-refractivity contribution in [3.63, 3.8) is 0 Å². The number of nitrogens with one attached hydrogen (secondary N) is 3. The second kappa shape index (κ2) is 11.2. The van der Waals surface area contributed by atoms with Crippen molar-refractivity contribution in [2.24, 2.45) is 5.41 Å². The summed E-state index contributed by atoms with van der Waals surface area (Å²) in [7, 11) is 0. The van der Waals surface area contributed by atoms with E-state index < -0.39 is 11.7 Å². The molecular weight excluding hydrogens is 493 g/mol. The highest BCUT2D eigenvalue weighted by atomic mass is 19.1. The quantitative estimate of drug-likeness (QED) is 0.381. The smallest absolute Gasteiger partial charge is 0.230 e. The summed E-state index contributed by atoms with van der Waals surface area (Å²) in [4.78, 5) is 29.4. The molecule has 12 heteroatoms. The van der Waals surface area contributed by atoms with Crippen molar-refractivity contribution in [1.82, 2.24) is 25.3 Å². The Hall–Kier alpha value is -3.92. The van der Waals surface area contributed by atoms with Gasteiger partial charge in [0.2, 0.25) is 18.1 Å². The van der Waals surface area contributed by atoms with Crippen molar-refractivity contribution in [3.8, 4) is 28.7 Å². The Morgan fingerprint density at radius 2 is 2.00 bits per heavy atom. The Balaban J connectivity index is 1.35. The van der Waals surface area contributed by atoms with Crippen LogP contribution < -0.4 is 10.6 Å². The van der Waals surface area contributed by atoms with E-state index in [-0.39, 0.29) is 43.5 Å². The van der Waals surface area contributed by atoms with Gasteiger partial charge in [-0.05, 0) is 50.1 Å². The van der Waals surface area contributed by atoms with Gasteiger partial charge in [0.25, 0.3) is 0 Å². The van der Waals surface area contributed by atoms with Crippen LogP contribution in [-0.4, -0.2) is 64.9 Å². The summed E-state index contributed by atoms with van der Waals surface area (Å²) in [5.41, 5.74) is 1.36. The fourth-order valence-corrected chi connectivity index (χ4v) is 4.33. The van der Waals surface area contributed by atoms with Gasteiger partial charge in [0.1, 0.15) is 12.4 Å². The SMILES string of the molecule is CC1(C(=O)NCC2CCCO2)COC(c2nc(-c3ccc(F)cc3)c(-c3ccnc(NCC#N)n3)[nH]2)OC1. The first-order chi connectivity index (χ1) is 18.4. The molecule has 2 saturated heterocycles. The van der Waals surface area contributed by atoms with Gasteiger partial charge in [0, 0.05) is 24.9 Å². The maximum atomic E-state index is 13.6. The molecule has 5 rings (SSSR count). The van der Waals surface area contributed by atoms with Gasteiger partial charge in [0.05, 0.1) is 47.9 Å². The first-order valence-electron chi connectivity index (χ1n) is 12.4. The molecule has 3 aromatic rings. The molecule has 0 spiro atoms. The van der Waals surface area contributed by atoms with Gasteiger partial charge in [-0.3, -0.25) is 4.79 Å². The number of rotatable bonds is 8. The van der Waals surface area contributed by atoms with Gasteiger partial charge < -0.3 is 29.8 Å². The first-order valence-corrected chi connectivity index (χ1v) is 12.4. The van der Waals surface area contributed by atoms with Crippen molar-refractivity contribution in [1.29, 1.82) is 5.26 Å². The lowest BCUT2D eigenvalue weighted by atomic mass is 9.91. The number of aromatic nitrogens is 4. The molecule has 0 saturated carbocycles. The molecule has 2 fully saturated rings. The minimum atomic E-state index is -0.863. The Labute approximate surface area is 218 Å². The number of nitrogens with zero attached hydrogens (tertiary/aromatic N) is 4. The number of hydrogen-bond acceptors (Lipinski definition) is 9. The van der Waals surface area contributed by atoms with Crippen LogP contribution >= 0.6 is 0 Å². The van der Waals surface area contributed by atoms with Crippen molar-refractivity contribution >= 4 is 11.9 Å². The van der Waals surface area contributed by atoms with Crippen molar-refractivity contribution < 1.29 is 23.4 Å². The minimum Gasteiger partial charge on any atom is -0.376 e. The van der Waals surface area contributed by atoms with Gasteiger partial charge in [0.15, 0.2) is 5.82 Å². The molecule has 1 atom stereocenters. The molecule has 2 aliphatic heterocycles. The summed E-state index contributed by atoms with van der Waals surface area (Å²) < 4.78 is 31.1. The van der Waals surface area contributed by atoms with Crippen molar-refractivity contribution in [2.45, 2.75) is 32.2 Å². The number of nitriles is 1. The minimum absolute atomic E-state index is 0.0459. The summed E-state index contributed by atoms with van der Waals surface area (Å²) in [6.45, 7) is 3.29. The summed E-state index contributed by atoms with van der Waals surface area (Å²) in [6.07, 6.45) is 2.70. The number of carbonyl (C=O) groups is 1. The van der Waals surface area contributed by atoms with E-state index in [4.69, 9.17) is 24.5 Å². The number of carbonyl (C=O) groups excluding carboxylic acids is 1. The van der Waals surface area contributed by atoms with Gasteiger partial charge in [-0.15, -0.1) is 0 Å². The third kappa shape index (κ3) is 5.65. The van der Waals surface area contributed by atoms with E-state index in [1.165, 1.54) is 12.1 Å². The Kier molecular flexibility index (Phi) is 7.59. The van der Waals surface area contributed by atoms with Crippen LogP contribution in [0.1, 0.15) is 31.9 Å². The zero-order valence-corrected chi connectivity index (χ0v) is 20.9. The number of ether oxygens (including phenoxy) is 3. The Morgan fingerprint density at radius 3 is 2.71 bits per heavy atom. The lowest BCUT2D eigenvalue weighted by Crippen LogP contribution is -2.49. The third-order valence-corrected chi connectivity index (χ3v) is 6.47. The largest absolute Gasteiger partial charge is 0.376 e. The van der Waals surface area contributed by atoms with E-state index in [1.54, 1.807) is 31.3 Å². The van der Waals surface area contributed by atoms with Crippen LogP contribution in [-0.2, 0) is 19.0 Å². The third-order valence-electron chi connectivity index (χ3n) is 6.47. The van der Waals surface area contributed by atoms with Crippen molar-refractivity contribution in [3.05, 3.63) is 48.2 Å². The summed E-state index contributed by atoms with van der Waals surface area (Å²) in [6, 6.07) is 9.61. The van der Waals surface area contributed by atoms with E-state index in [0.29, 0.717) is 35.0 Å². The average molecular weight is 522 g/mol. The fourth-order valence-electron chi connectivity index (χ4n) is 4.33. The van der Waals surface area contributed by atoms with Gasteiger partial charge in [-0.2, -0.15) is 5.26 Å². The molecule has 2 aliphatic rings. The highest BCUT2D eigenvalue weighted by molar-refractivity contribution is 5.82. The molecule has 3 N–H and O–H groups in total. The van der Waals surface area contributed by atoms with Crippen LogP contribution in [0.15, 0.2) is 36.5 Å². The number of anilines is 1. The Bertz CT molecular complexity index is 1310. The maximum Gasteiger partial charge on any atom is 0.230 e. The number of hydrogen-bond donors (Lipinski definition) is 3. The van der Waals surface area contributed by atoms with E-state index in [1.807, 2.05) is 6.07 Å². The van der Waals surface area contributed by atoms with Crippen LogP contribution in [0.5, 0.6) is 0 Å². The zero-order chi connectivity index (χ0) is 26.5. The predicted molar refractivity (Wildman–Crippen MR) is 134 cm³/mol. The molecule has 0 aliphatic carbocycles. The molecular formula is C26H28FN7O4. The van der Waals surface area contributed by atoms with Crippen LogP contribution in [0.2, 0.25) is 0 Å². The molecule has 0 bridgehead atoms. The van der Waals surface area contributed by atoms with E-state index in [9.17, 15) is 9.18 Å². The van der Waals surface area contributed by atoms with Gasteiger partial charge >= 0.3 is 0 Å². The number of halogens is 1. The zero-order valence-electron chi connectivity index (χ0n) is 20.9. The molecule has 0 radical (unpaired) electrons. The average Bonchev–Trinajstić information content (AvgIpc) is 3.62. The topological polar surface area (TPSA) is 147 Å². The van der Waals surface area contributed by atoms with E-state index >= 15 is 0 Å². The number of aromatic amines is 1. The van der Waals surface area contributed by atoms with Crippen LogP contribution in [0, 0.1) is 22.6 Å². The maximum absolute atomic E-state index is 13.6. The number of amides is 1. The first kappa shape index (κ1) is 25.7. The van der Waals surface area contributed by atoms with E-state index in [0.717, 1.165) is 19.4 Å².